The van der Waals surface area contributed by atoms with Crippen LogP contribution in [0.2, 0.25) is 0 Å². The number of fused-ring (bicyclic) bond motifs is 2. The van der Waals surface area contributed by atoms with Crippen molar-refractivity contribution in [3.05, 3.63) is 54.1 Å². The molecule has 2 N–H and O–H groups in total. The second kappa shape index (κ2) is 9.87. The number of methoxy groups -OCH3 is 2. The predicted octanol–water partition coefficient (Wildman–Crippen LogP) is 1.47. The molecule has 0 saturated carbocycles. The van der Waals surface area contributed by atoms with Crippen molar-refractivity contribution in [1.29, 1.82) is 0 Å². The second-order valence-electron chi connectivity index (χ2n) is 8.81. The summed E-state index contributed by atoms with van der Waals surface area (Å²) < 4.78 is 22.9. The molecule has 5 unspecified atom stereocenters. The molecule has 0 spiro atoms. The van der Waals surface area contributed by atoms with E-state index in [2.05, 4.69) is 21.2 Å². The first-order chi connectivity index (χ1) is 16.2. The molecule has 0 radical (unpaired) electrons. The van der Waals surface area contributed by atoms with Crippen molar-refractivity contribution in [3.8, 4) is 11.5 Å². The number of hydrogen-bond donors (Lipinski definition) is 2. The number of anilines is 1. The highest BCUT2D eigenvalue weighted by atomic mass is 16.7. The normalized spacial score (nSPS) is 29.8. The van der Waals surface area contributed by atoms with E-state index in [1.807, 2.05) is 42.5 Å². The molecule has 3 heterocycles. The fourth-order valence-electron chi connectivity index (χ4n) is 5.17. The summed E-state index contributed by atoms with van der Waals surface area (Å²) in [6.07, 6.45) is -1.11. The van der Waals surface area contributed by atoms with E-state index < -0.39 is 6.10 Å². The minimum Gasteiger partial charge on any atom is -0.497 e. The van der Waals surface area contributed by atoms with Crippen molar-refractivity contribution in [1.82, 2.24) is 10.2 Å². The molecular weight excluding hydrogens is 422 g/mol. The number of aliphatic hydroxyl groups is 1. The van der Waals surface area contributed by atoms with E-state index in [1.165, 1.54) is 0 Å². The molecule has 3 aliphatic rings. The Morgan fingerprint density at radius 2 is 1.76 bits per heavy atom. The zero-order chi connectivity index (χ0) is 22.8. The first kappa shape index (κ1) is 22.4. The summed E-state index contributed by atoms with van der Waals surface area (Å²) >= 11 is 0. The van der Waals surface area contributed by atoms with Crippen LogP contribution in [0.4, 0.5) is 5.69 Å². The number of ether oxygens (including phenoxy) is 4. The smallest absolute Gasteiger partial charge is 0.176 e. The van der Waals surface area contributed by atoms with Crippen LogP contribution in [0.25, 0.3) is 0 Å². The third-order valence-corrected chi connectivity index (χ3v) is 6.99. The molecule has 3 aliphatic heterocycles. The van der Waals surface area contributed by atoms with Gasteiger partial charge in [0.1, 0.15) is 17.6 Å². The van der Waals surface area contributed by atoms with E-state index in [4.69, 9.17) is 18.9 Å². The molecule has 3 fully saturated rings. The van der Waals surface area contributed by atoms with Crippen molar-refractivity contribution in [2.75, 3.05) is 51.9 Å². The van der Waals surface area contributed by atoms with Gasteiger partial charge in [-0.05, 0) is 29.8 Å². The van der Waals surface area contributed by atoms with E-state index in [9.17, 15) is 5.11 Å². The number of benzene rings is 2. The van der Waals surface area contributed by atoms with E-state index in [-0.39, 0.29) is 24.5 Å². The molecule has 3 saturated heterocycles. The van der Waals surface area contributed by atoms with Crippen LogP contribution in [-0.4, -0.2) is 87.6 Å². The van der Waals surface area contributed by atoms with E-state index >= 15 is 0 Å². The second-order valence-corrected chi connectivity index (χ2v) is 8.81. The van der Waals surface area contributed by atoms with Crippen LogP contribution in [0.1, 0.15) is 5.56 Å². The molecule has 8 heteroatoms. The molecule has 2 aromatic carbocycles. The van der Waals surface area contributed by atoms with Crippen LogP contribution in [-0.2, 0) is 16.0 Å². The number of para-hydroxylation sites is 2. The maximum atomic E-state index is 11.4. The third-order valence-electron chi connectivity index (χ3n) is 6.99. The average Bonchev–Trinajstić information content (AvgIpc) is 3.29. The summed E-state index contributed by atoms with van der Waals surface area (Å²) in [6.45, 7) is 4.48. The SMILES string of the molecule is COc1ccc(CNC2C3COC(O3)C(N3CCN(c4ccccc4OC)CC3)C2O)cc1. The first-order valence-electron chi connectivity index (χ1n) is 11.6. The van der Waals surface area contributed by atoms with E-state index in [0.717, 1.165) is 48.9 Å². The summed E-state index contributed by atoms with van der Waals surface area (Å²) in [6, 6.07) is 15.7. The van der Waals surface area contributed by atoms with Crippen LogP contribution in [0.15, 0.2) is 48.5 Å². The Morgan fingerprint density at radius 3 is 2.48 bits per heavy atom. The van der Waals surface area contributed by atoms with Crippen molar-refractivity contribution in [3.63, 3.8) is 0 Å². The monoisotopic (exact) mass is 455 g/mol. The van der Waals surface area contributed by atoms with Gasteiger partial charge in [0.2, 0.25) is 0 Å². The average molecular weight is 456 g/mol. The number of piperazine rings is 1. The van der Waals surface area contributed by atoms with Crippen LogP contribution in [0, 0.1) is 0 Å². The van der Waals surface area contributed by atoms with Gasteiger partial charge in [-0.15, -0.1) is 0 Å². The number of nitrogens with one attached hydrogen (secondary N) is 1. The highest BCUT2D eigenvalue weighted by molar-refractivity contribution is 5.58. The van der Waals surface area contributed by atoms with Gasteiger partial charge in [-0.25, -0.2) is 0 Å². The Labute approximate surface area is 195 Å². The molecule has 2 bridgehead atoms. The first-order valence-corrected chi connectivity index (χ1v) is 11.6. The number of nitrogens with zero attached hydrogens (tertiary/aromatic N) is 2. The van der Waals surface area contributed by atoms with Crippen LogP contribution in [0.5, 0.6) is 11.5 Å². The van der Waals surface area contributed by atoms with Crippen molar-refractivity contribution in [2.45, 2.75) is 37.1 Å². The molecule has 2 aromatic rings. The van der Waals surface area contributed by atoms with Gasteiger partial charge in [-0.3, -0.25) is 4.90 Å². The summed E-state index contributed by atoms with van der Waals surface area (Å²) in [7, 11) is 3.37. The molecule has 5 rings (SSSR count). The van der Waals surface area contributed by atoms with Gasteiger partial charge in [-0.1, -0.05) is 24.3 Å². The van der Waals surface area contributed by atoms with Crippen LogP contribution >= 0.6 is 0 Å². The van der Waals surface area contributed by atoms with Crippen molar-refractivity contribution < 1.29 is 24.1 Å². The molecule has 5 atom stereocenters. The van der Waals surface area contributed by atoms with Gasteiger partial charge in [0.25, 0.3) is 0 Å². The highest BCUT2D eigenvalue weighted by Crippen LogP contribution is 2.34. The summed E-state index contributed by atoms with van der Waals surface area (Å²) in [5.74, 6) is 1.72. The molecule has 33 heavy (non-hydrogen) atoms. The number of rotatable bonds is 7. The summed E-state index contributed by atoms with van der Waals surface area (Å²) in [4.78, 5) is 4.65. The van der Waals surface area contributed by atoms with Crippen molar-refractivity contribution >= 4 is 5.69 Å². The molecule has 178 valence electrons. The lowest BCUT2D eigenvalue weighted by Crippen LogP contribution is -2.66. The maximum Gasteiger partial charge on any atom is 0.176 e. The number of aliphatic hydroxyl groups excluding tert-OH is 1. The van der Waals surface area contributed by atoms with Gasteiger partial charge < -0.3 is 34.3 Å². The Morgan fingerprint density at radius 1 is 1.00 bits per heavy atom. The lowest BCUT2D eigenvalue weighted by atomic mass is 9.94. The molecule has 0 aromatic heterocycles. The lowest BCUT2D eigenvalue weighted by Gasteiger charge is -2.47. The topological polar surface area (TPSA) is 75.7 Å². The number of hydrogen-bond acceptors (Lipinski definition) is 8. The molecule has 8 nitrogen and oxygen atoms in total. The zero-order valence-electron chi connectivity index (χ0n) is 19.2. The standard InChI is InChI=1S/C25H33N3O5/c1-30-18-9-7-17(8-10-18)15-26-22-21-16-32-25(33-21)23(24(22)29)28-13-11-27(12-14-28)19-5-3-4-6-20(19)31-2/h3-10,21-26,29H,11-16H2,1-2H3. The predicted molar refractivity (Wildman–Crippen MR) is 125 cm³/mol. The van der Waals surface area contributed by atoms with Gasteiger partial charge in [0, 0.05) is 32.7 Å². The van der Waals surface area contributed by atoms with Crippen molar-refractivity contribution in [2.24, 2.45) is 0 Å². The van der Waals surface area contributed by atoms with Gasteiger partial charge in [0.15, 0.2) is 6.29 Å². The highest BCUT2D eigenvalue weighted by Gasteiger charge is 2.52. The zero-order valence-corrected chi connectivity index (χ0v) is 19.2. The van der Waals surface area contributed by atoms with E-state index in [0.29, 0.717) is 13.2 Å². The fraction of sp³-hybridized carbons (Fsp3) is 0.520. The third kappa shape index (κ3) is 4.54. The molecular formula is C25H33N3O5. The fourth-order valence-corrected chi connectivity index (χ4v) is 5.17. The minimum atomic E-state index is -0.577. The quantitative estimate of drug-likeness (QED) is 0.650. The van der Waals surface area contributed by atoms with Crippen LogP contribution in [0.3, 0.4) is 0 Å². The Bertz CT molecular complexity index is 919. The molecule has 0 aliphatic carbocycles. The van der Waals surface area contributed by atoms with Gasteiger partial charge in [0.05, 0.1) is 44.7 Å². The van der Waals surface area contributed by atoms with E-state index in [1.54, 1.807) is 14.2 Å². The minimum absolute atomic E-state index is 0.144. The Kier molecular flexibility index (Phi) is 6.71. The van der Waals surface area contributed by atoms with Crippen LogP contribution < -0.4 is 19.7 Å². The van der Waals surface area contributed by atoms with Gasteiger partial charge in [-0.2, -0.15) is 0 Å². The maximum absolute atomic E-state index is 11.4. The Hall–Kier alpha value is -2.36. The summed E-state index contributed by atoms with van der Waals surface area (Å²) in [5.41, 5.74) is 2.24. The summed E-state index contributed by atoms with van der Waals surface area (Å²) in [5, 5.41) is 14.9. The Balaban J connectivity index is 1.23. The molecule has 0 amide bonds. The largest absolute Gasteiger partial charge is 0.497 e. The lowest BCUT2D eigenvalue weighted by molar-refractivity contribution is -0.183. The van der Waals surface area contributed by atoms with Gasteiger partial charge >= 0.3 is 0 Å².